The lowest BCUT2D eigenvalue weighted by Gasteiger charge is -2.31. The fourth-order valence-electron chi connectivity index (χ4n) is 2.49. The Bertz CT molecular complexity index is 641. The Morgan fingerprint density at radius 2 is 2.33 bits per heavy atom. The first-order valence-corrected chi connectivity index (χ1v) is 8.67. The number of carboxylic acid groups (broad SMARTS) is 1. The van der Waals surface area contributed by atoms with Crippen molar-refractivity contribution in [3.63, 3.8) is 0 Å². The van der Waals surface area contributed by atoms with E-state index in [2.05, 4.69) is 6.92 Å². The molecule has 6 heteroatoms. The average molecular weight is 323 g/mol. The van der Waals surface area contributed by atoms with Crippen LogP contribution in [0.1, 0.15) is 36.1 Å². The monoisotopic (exact) mass is 323 g/mol. The van der Waals surface area contributed by atoms with Crippen LogP contribution >= 0.6 is 22.7 Å². The van der Waals surface area contributed by atoms with Gasteiger partial charge in [-0.15, -0.1) is 22.7 Å². The van der Waals surface area contributed by atoms with Gasteiger partial charge in [-0.3, -0.25) is 4.79 Å². The normalized spacial score (nSPS) is 22.3. The minimum absolute atomic E-state index is 0.0719. The third-order valence-electron chi connectivity index (χ3n) is 3.66. The summed E-state index contributed by atoms with van der Waals surface area (Å²) in [4.78, 5) is 17.3. The molecule has 1 aliphatic rings. The number of thiazole rings is 1. The molecule has 3 rings (SSSR count). The molecule has 2 aromatic rings. The number of thiophene rings is 1. The first-order valence-electron chi connectivity index (χ1n) is 6.98. The van der Waals surface area contributed by atoms with E-state index in [4.69, 9.17) is 14.8 Å². The molecule has 1 fully saturated rings. The molecule has 1 aliphatic heterocycles. The van der Waals surface area contributed by atoms with Gasteiger partial charge in [0.15, 0.2) is 0 Å². The number of nitrogens with zero attached hydrogens (tertiary/aromatic N) is 1. The van der Waals surface area contributed by atoms with E-state index < -0.39 is 5.97 Å². The van der Waals surface area contributed by atoms with Crippen molar-refractivity contribution in [1.29, 1.82) is 0 Å². The molecule has 2 aromatic heterocycles. The van der Waals surface area contributed by atoms with Crippen LogP contribution in [0, 0.1) is 0 Å². The molecule has 0 amide bonds. The predicted octanol–water partition coefficient (Wildman–Crippen LogP) is 3.91. The number of hydrogen-bond acceptors (Lipinski definition) is 5. The summed E-state index contributed by atoms with van der Waals surface area (Å²) < 4.78 is 5.93. The van der Waals surface area contributed by atoms with Crippen molar-refractivity contribution in [1.82, 2.24) is 4.98 Å². The maximum Gasteiger partial charge on any atom is 0.308 e. The summed E-state index contributed by atoms with van der Waals surface area (Å²) in [7, 11) is 0. The Balaban J connectivity index is 1.81. The van der Waals surface area contributed by atoms with Gasteiger partial charge in [-0.1, -0.05) is 0 Å². The van der Waals surface area contributed by atoms with Crippen LogP contribution in [0.15, 0.2) is 17.5 Å². The summed E-state index contributed by atoms with van der Waals surface area (Å²) in [5, 5.41) is 11.9. The van der Waals surface area contributed by atoms with E-state index in [1.807, 2.05) is 17.5 Å². The third kappa shape index (κ3) is 3.17. The molecule has 4 nitrogen and oxygen atoms in total. The zero-order valence-electron chi connectivity index (χ0n) is 11.8. The zero-order valence-corrected chi connectivity index (χ0v) is 13.4. The van der Waals surface area contributed by atoms with Gasteiger partial charge in [-0.25, -0.2) is 4.98 Å². The van der Waals surface area contributed by atoms with Crippen LogP contribution in [-0.2, 0) is 21.6 Å². The Morgan fingerprint density at radius 1 is 1.48 bits per heavy atom. The molecular weight excluding hydrogens is 306 g/mol. The molecule has 0 aliphatic carbocycles. The van der Waals surface area contributed by atoms with Crippen molar-refractivity contribution < 1.29 is 14.6 Å². The summed E-state index contributed by atoms with van der Waals surface area (Å²) in [6.45, 7) is 2.91. The molecule has 0 aromatic carbocycles. The van der Waals surface area contributed by atoms with Gasteiger partial charge >= 0.3 is 5.97 Å². The molecule has 1 N–H and O–H groups in total. The maximum atomic E-state index is 10.7. The van der Waals surface area contributed by atoms with Crippen molar-refractivity contribution in [2.75, 3.05) is 6.61 Å². The Morgan fingerprint density at radius 3 is 3.05 bits per heavy atom. The number of hydrogen-bond donors (Lipinski definition) is 1. The van der Waals surface area contributed by atoms with E-state index >= 15 is 0 Å². The first kappa shape index (κ1) is 14.7. The Hall–Kier alpha value is -1.24. The fourth-order valence-corrected chi connectivity index (χ4v) is 4.49. The maximum absolute atomic E-state index is 10.7. The average Bonchev–Trinajstić information content (AvgIpc) is 3.07. The zero-order chi connectivity index (χ0) is 14.9. The van der Waals surface area contributed by atoms with Gasteiger partial charge in [0, 0.05) is 16.9 Å². The highest BCUT2D eigenvalue weighted by Gasteiger charge is 2.33. The highest BCUT2D eigenvalue weighted by molar-refractivity contribution is 7.16. The molecule has 0 saturated carbocycles. The van der Waals surface area contributed by atoms with Gasteiger partial charge < -0.3 is 9.84 Å². The van der Waals surface area contributed by atoms with Gasteiger partial charge in [0.2, 0.25) is 0 Å². The first-order chi connectivity index (χ1) is 10.1. The van der Waals surface area contributed by atoms with Crippen LogP contribution in [0.4, 0.5) is 0 Å². The number of carboxylic acids is 1. The van der Waals surface area contributed by atoms with Gasteiger partial charge in [-0.2, -0.15) is 0 Å². The smallest absolute Gasteiger partial charge is 0.308 e. The Labute approximate surface area is 131 Å². The molecule has 1 unspecified atom stereocenters. The molecule has 0 spiro atoms. The summed E-state index contributed by atoms with van der Waals surface area (Å²) in [5.41, 5.74) is 0.662. The minimum atomic E-state index is -0.800. The molecule has 0 radical (unpaired) electrons. The lowest BCUT2D eigenvalue weighted by molar-refractivity contribution is -0.136. The molecule has 0 bridgehead atoms. The van der Waals surface area contributed by atoms with E-state index in [0.29, 0.717) is 0 Å². The number of aromatic nitrogens is 1. The standard InChI is InChI=1S/C15H17NO3S2/c1-15(6-2-3-7-19-15)14-16-11(9-20-14)12-5-4-10(21-12)8-13(17)18/h4-5,9H,2-3,6-8H2,1H3,(H,17,18). The van der Waals surface area contributed by atoms with Crippen molar-refractivity contribution in [2.45, 2.75) is 38.2 Å². The predicted molar refractivity (Wildman–Crippen MR) is 83.9 cm³/mol. The highest BCUT2D eigenvalue weighted by Crippen LogP contribution is 2.38. The largest absolute Gasteiger partial charge is 0.481 e. The SMILES string of the molecule is CC1(c2nc(-c3ccc(CC(=O)O)s3)cs2)CCCCO1. The van der Waals surface area contributed by atoms with E-state index in [1.165, 1.54) is 17.8 Å². The van der Waals surface area contributed by atoms with Crippen LogP contribution in [0.25, 0.3) is 10.6 Å². The molecular formula is C15H17NO3S2. The third-order valence-corrected chi connectivity index (χ3v) is 5.86. The highest BCUT2D eigenvalue weighted by atomic mass is 32.1. The second kappa shape index (κ2) is 5.87. The van der Waals surface area contributed by atoms with Crippen molar-refractivity contribution >= 4 is 28.6 Å². The van der Waals surface area contributed by atoms with Crippen molar-refractivity contribution in [2.24, 2.45) is 0 Å². The van der Waals surface area contributed by atoms with Crippen molar-refractivity contribution in [3.8, 4) is 10.6 Å². The molecule has 1 saturated heterocycles. The van der Waals surface area contributed by atoms with E-state index in [-0.39, 0.29) is 12.0 Å². The lowest BCUT2D eigenvalue weighted by atomic mass is 9.97. The van der Waals surface area contributed by atoms with E-state index in [9.17, 15) is 4.79 Å². The molecule has 1 atom stereocenters. The van der Waals surface area contributed by atoms with Gasteiger partial charge in [0.25, 0.3) is 0 Å². The van der Waals surface area contributed by atoms with Gasteiger partial charge in [0.1, 0.15) is 10.6 Å². The number of carbonyl (C=O) groups is 1. The number of rotatable bonds is 4. The minimum Gasteiger partial charge on any atom is -0.481 e. The van der Waals surface area contributed by atoms with Gasteiger partial charge in [0.05, 0.1) is 17.0 Å². The second-order valence-corrected chi connectivity index (χ2v) is 7.44. The van der Waals surface area contributed by atoms with Gasteiger partial charge in [-0.05, 0) is 38.3 Å². The summed E-state index contributed by atoms with van der Waals surface area (Å²) in [6, 6.07) is 3.82. The van der Waals surface area contributed by atoms with Crippen LogP contribution < -0.4 is 0 Å². The lowest BCUT2D eigenvalue weighted by Crippen LogP contribution is -2.29. The molecule has 21 heavy (non-hydrogen) atoms. The molecule has 3 heterocycles. The number of aliphatic carboxylic acids is 1. The van der Waals surface area contributed by atoms with E-state index in [0.717, 1.165) is 39.9 Å². The van der Waals surface area contributed by atoms with Crippen LogP contribution in [0.2, 0.25) is 0 Å². The van der Waals surface area contributed by atoms with Crippen molar-refractivity contribution in [3.05, 3.63) is 27.4 Å². The fraction of sp³-hybridized carbons (Fsp3) is 0.467. The molecule has 112 valence electrons. The number of ether oxygens (including phenoxy) is 1. The second-order valence-electron chi connectivity index (χ2n) is 5.41. The summed E-state index contributed by atoms with van der Waals surface area (Å²) >= 11 is 3.12. The quantitative estimate of drug-likeness (QED) is 0.926. The Kier molecular flexibility index (Phi) is 4.10. The summed E-state index contributed by atoms with van der Waals surface area (Å²) in [5.74, 6) is -0.800. The van der Waals surface area contributed by atoms with Crippen LogP contribution in [0.3, 0.4) is 0 Å². The van der Waals surface area contributed by atoms with Crippen LogP contribution in [-0.4, -0.2) is 22.7 Å². The van der Waals surface area contributed by atoms with Crippen LogP contribution in [0.5, 0.6) is 0 Å². The topological polar surface area (TPSA) is 59.4 Å². The summed E-state index contributed by atoms with van der Waals surface area (Å²) in [6.07, 6.45) is 3.38. The van der Waals surface area contributed by atoms with E-state index in [1.54, 1.807) is 11.3 Å².